The quantitative estimate of drug-likeness (QED) is 0.225. The number of aryl methyl sites for hydroxylation is 1. The Hall–Kier alpha value is -2.25. The predicted molar refractivity (Wildman–Crippen MR) is 156 cm³/mol. The van der Waals surface area contributed by atoms with Crippen LogP contribution in [0.5, 0.6) is 0 Å². The predicted octanol–water partition coefficient (Wildman–Crippen LogP) is 6.01. The maximum Gasteiger partial charge on any atom is 0.405 e. The summed E-state index contributed by atoms with van der Waals surface area (Å²) in [5.74, 6) is -2.58. The molecule has 43 heavy (non-hydrogen) atoms. The smallest absolute Gasteiger partial charge is 0.405 e. The summed E-state index contributed by atoms with van der Waals surface area (Å²) >= 11 is 5.77. The maximum absolute atomic E-state index is 14.8. The van der Waals surface area contributed by atoms with Gasteiger partial charge >= 0.3 is 12.1 Å². The lowest BCUT2D eigenvalue weighted by atomic mass is 9.86. The monoisotopic (exact) mass is 647 g/mol. The molecule has 0 saturated carbocycles. The molecule has 1 N–H and O–H groups in total. The molecule has 0 unspecified atom stereocenters. The molecule has 0 amide bonds. The van der Waals surface area contributed by atoms with Gasteiger partial charge in [-0.1, -0.05) is 42.3 Å². The molecule has 238 valence electrons. The molecule has 2 aromatic carbocycles. The van der Waals surface area contributed by atoms with E-state index in [1.165, 1.54) is 37.3 Å². The number of halogens is 5. The number of sulfonamides is 1. The zero-order valence-electron chi connectivity index (χ0n) is 24.1. The van der Waals surface area contributed by atoms with Gasteiger partial charge in [-0.05, 0) is 80.9 Å². The van der Waals surface area contributed by atoms with E-state index in [0.29, 0.717) is 0 Å². The van der Waals surface area contributed by atoms with Gasteiger partial charge in [-0.2, -0.15) is 17.5 Å². The minimum absolute atomic E-state index is 0.136. The first kappa shape index (κ1) is 33.6. The number of rotatable bonds is 12. The van der Waals surface area contributed by atoms with Crippen LogP contribution in [0, 0.1) is 5.82 Å². The topological polar surface area (TPSA) is 79.0 Å². The highest BCUT2D eigenvalue weighted by Crippen LogP contribution is 2.35. The van der Waals surface area contributed by atoms with Gasteiger partial charge in [0, 0.05) is 25.7 Å². The number of carbonyl (C=O) groups excluding carboxylic acids is 1. The van der Waals surface area contributed by atoms with Gasteiger partial charge < -0.3 is 10.1 Å². The molecule has 0 radical (unpaired) electrons. The number of nitrogens with zero attached hydrogens (tertiary/aromatic N) is 2. The highest BCUT2D eigenvalue weighted by molar-refractivity contribution is 7.89. The molecular formula is C30H38ClF4N3O4S. The van der Waals surface area contributed by atoms with E-state index in [-0.39, 0.29) is 23.5 Å². The SMILES string of the molecule is CCOC(=O)C[C@@H](N(CCN[C@@H]1CCCc2cc(CN3CCCCC3)ccc21)S(=O)(=O)c1cccc(Cl)c1F)C(F)(F)F. The second-order valence-electron chi connectivity index (χ2n) is 11.0. The molecule has 0 aromatic heterocycles. The van der Waals surface area contributed by atoms with Crippen molar-refractivity contribution in [2.75, 3.05) is 32.8 Å². The lowest BCUT2D eigenvalue weighted by Crippen LogP contribution is -2.52. The largest absolute Gasteiger partial charge is 0.466 e. The van der Waals surface area contributed by atoms with E-state index in [9.17, 15) is 30.8 Å². The fourth-order valence-corrected chi connectivity index (χ4v) is 7.85. The van der Waals surface area contributed by atoms with E-state index >= 15 is 0 Å². The average molecular weight is 648 g/mol. The molecule has 1 heterocycles. The van der Waals surface area contributed by atoms with Crippen molar-refractivity contribution in [2.45, 2.75) is 81.6 Å². The van der Waals surface area contributed by atoms with Gasteiger partial charge in [0.25, 0.3) is 0 Å². The van der Waals surface area contributed by atoms with Gasteiger partial charge in [0.15, 0.2) is 5.82 Å². The van der Waals surface area contributed by atoms with Gasteiger partial charge in [-0.15, -0.1) is 0 Å². The summed E-state index contributed by atoms with van der Waals surface area (Å²) in [5, 5.41) is 2.67. The molecule has 1 saturated heterocycles. The molecule has 4 rings (SSSR count). The molecule has 0 bridgehead atoms. The Balaban J connectivity index is 1.55. The van der Waals surface area contributed by atoms with Crippen LogP contribution in [0.15, 0.2) is 41.3 Å². The van der Waals surface area contributed by atoms with Gasteiger partial charge in [0.05, 0.1) is 18.1 Å². The first-order valence-corrected chi connectivity index (χ1v) is 16.5. The van der Waals surface area contributed by atoms with Crippen molar-refractivity contribution in [2.24, 2.45) is 0 Å². The summed E-state index contributed by atoms with van der Waals surface area (Å²) in [4.78, 5) is 13.6. The van der Waals surface area contributed by atoms with E-state index in [1.54, 1.807) is 0 Å². The number of benzene rings is 2. The highest BCUT2D eigenvalue weighted by Gasteiger charge is 2.50. The number of nitrogens with one attached hydrogen (secondary N) is 1. The minimum atomic E-state index is -5.14. The van der Waals surface area contributed by atoms with Crippen LogP contribution in [0.25, 0.3) is 0 Å². The fourth-order valence-electron chi connectivity index (χ4n) is 5.91. The van der Waals surface area contributed by atoms with E-state index in [0.717, 1.165) is 62.7 Å². The lowest BCUT2D eigenvalue weighted by molar-refractivity contribution is -0.181. The maximum atomic E-state index is 14.8. The second kappa shape index (κ2) is 14.7. The Morgan fingerprint density at radius 3 is 2.60 bits per heavy atom. The van der Waals surface area contributed by atoms with Crippen molar-refractivity contribution in [3.8, 4) is 0 Å². The second-order valence-corrected chi connectivity index (χ2v) is 13.3. The third kappa shape index (κ3) is 8.48. The summed E-state index contributed by atoms with van der Waals surface area (Å²) in [5.41, 5.74) is 3.41. The number of alkyl halides is 3. The molecule has 13 heteroatoms. The number of hydrogen-bond acceptors (Lipinski definition) is 6. The van der Waals surface area contributed by atoms with Gasteiger partial charge in [0.1, 0.15) is 10.9 Å². The van der Waals surface area contributed by atoms with Crippen molar-refractivity contribution in [1.82, 2.24) is 14.5 Å². The van der Waals surface area contributed by atoms with Crippen LogP contribution in [0.4, 0.5) is 17.6 Å². The van der Waals surface area contributed by atoms with Crippen LogP contribution >= 0.6 is 11.6 Å². The molecule has 1 aliphatic heterocycles. The average Bonchev–Trinajstić information content (AvgIpc) is 2.95. The molecule has 2 aliphatic rings. The zero-order valence-corrected chi connectivity index (χ0v) is 25.7. The van der Waals surface area contributed by atoms with Crippen LogP contribution in [0.3, 0.4) is 0 Å². The van der Waals surface area contributed by atoms with Gasteiger partial charge in [-0.3, -0.25) is 9.69 Å². The molecular weight excluding hydrogens is 610 g/mol. The number of hydrogen-bond donors (Lipinski definition) is 1. The highest BCUT2D eigenvalue weighted by atomic mass is 35.5. The van der Waals surface area contributed by atoms with Gasteiger partial charge in [-0.25, -0.2) is 12.8 Å². The van der Waals surface area contributed by atoms with Crippen LogP contribution in [0.1, 0.15) is 68.2 Å². The first-order chi connectivity index (χ1) is 20.4. The summed E-state index contributed by atoms with van der Waals surface area (Å²) in [7, 11) is -5.08. The molecule has 2 atom stereocenters. The zero-order chi connectivity index (χ0) is 31.2. The van der Waals surface area contributed by atoms with E-state index < -0.39 is 56.9 Å². The Labute approximate surface area is 255 Å². The fraction of sp³-hybridized carbons (Fsp3) is 0.567. The van der Waals surface area contributed by atoms with Crippen molar-refractivity contribution in [1.29, 1.82) is 0 Å². The number of fused-ring (bicyclic) bond motifs is 1. The van der Waals surface area contributed by atoms with E-state index in [1.807, 2.05) is 6.07 Å². The van der Waals surface area contributed by atoms with Crippen molar-refractivity contribution in [3.05, 3.63) is 63.9 Å². The molecule has 1 fully saturated rings. The van der Waals surface area contributed by atoms with Crippen molar-refractivity contribution >= 4 is 27.6 Å². The molecule has 7 nitrogen and oxygen atoms in total. The third-order valence-electron chi connectivity index (χ3n) is 7.99. The summed E-state index contributed by atoms with van der Waals surface area (Å²) < 4.78 is 89.8. The molecule has 0 spiro atoms. The van der Waals surface area contributed by atoms with Crippen LogP contribution < -0.4 is 5.32 Å². The molecule has 2 aromatic rings. The van der Waals surface area contributed by atoms with Crippen molar-refractivity contribution < 1.29 is 35.5 Å². The molecule has 1 aliphatic carbocycles. The Morgan fingerprint density at radius 2 is 1.91 bits per heavy atom. The lowest BCUT2D eigenvalue weighted by Gasteiger charge is -2.33. The number of ether oxygens (including phenoxy) is 1. The number of piperidine rings is 1. The summed E-state index contributed by atoms with van der Waals surface area (Å²) in [6.45, 7) is 3.44. The Bertz CT molecular complexity index is 1370. The van der Waals surface area contributed by atoms with Crippen LogP contribution in [-0.2, 0) is 32.5 Å². The summed E-state index contributed by atoms with van der Waals surface area (Å²) in [6.07, 6.45) is -0.298. The standard InChI is InChI=1S/C30H38ClF4N3O4S/c1-2-42-28(39)19-27(30(33,34)35)38(43(40,41)26-11-7-9-24(31)29(26)32)17-14-36-25-10-6-8-22-18-21(12-13-23(22)25)20-37-15-4-3-5-16-37/h7,9,11-13,18,25,27,36H,2-6,8,10,14-17,19-20H2,1H3/t25-,27-/m1/s1. The minimum Gasteiger partial charge on any atom is -0.466 e. The van der Waals surface area contributed by atoms with E-state index in [2.05, 4.69) is 22.3 Å². The normalized spacial score (nSPS) is 18.8. The number of carbonyl (C=O) groups is 1. The third-order valence-corrected chi connectivity index (χ3v) is 10.2. The van der Waals surface area contributed by atoms with Crippen LogP contribution in [-0.4, -0.2) is 68.6 Å². The van der Waals surface area contributed by atoms with E-state index in [4.69, 9.17) is 16.3 Å². The Kier molecular flexibility index (Phi) is 11.5. The van der Waals surface area contributed by atoms with Crippen LogP contribution in [0.2, 0.25) is 5.02 Å². The summed E-state index contributed by atoms with van der Waals surface area (Å²) in [6, 6.07) is 6.43. The van der Waals surface area contributed by atoms with Gasteiger partial charge in [0.2, 0.25) is 10.0 Å². The van der Waals surface area contributed by atoms with Crippen molar-refractivity contribution in [3.63, 3.8) is 0 Å². The number of likely N-dealkylation sites (tertiary alicyclic amines) is 1. The Morgan fingerprint density at radius 1 is 1.16 bits per heavy atom. The number of esters is 1. The first-order valence-electron chi connectivity index (χ1n) is 14.7.